The zero-order chi connectivity index (χ0) is 10.7. The Hall–Kier alpha value is -1.75. The lowest BCUT2D eigenvalue weighted by atomic mass is 10.1. The van der Waals surface area contributed by atoms with Crippen molar-refractivity contribution in [2.45, 2.75) is 6.10 Å². The lowest BCUT2D eigenvalue weighted by molar-refractivity contribution is -0.0744. The number of carbonyl (C=O) groups excluding carboxylic acids is 1. The van der Waals surface area contributed by atoms with Crippen LogP contribution in [0.1, 0.15) is 11.7 Å². The second-order valence-corrected chi connectivity index (χ2v) is 3.08. The van der Waals surface area contributed by atoms with E-state index in [0.29, 0.717) is 6.61 Å². The monoisotopic (exact) mass is 209 g/mol. The molecule has 5 nitrogen and oxygen atoms in total. The maximum atomic E-state index is 10.9. The Balaban J connectivity index is 2.17. The van der Waals surface area contributed by atoms with Gasteiger partial charge in [-0.3, -0.25) is 4.84 Å². The maximum absolute atomic E-state index is 10.9. The van der Waals surface area contributed by atoms with Gasteiger partial charge in [-0.05, 0) is 17.7 Å². The minimum absolute atomic E-state index is 0.291. The van der Waals surface area contributed by atoms with E-state index >= 15 is 0 Å². The average Bonchev–Trinajstić information content (AvgIpc) is 2.29. The fourth-order valence-electron chi connectivity index (χ4n) is 1.37. The van der Waals surface area contributed by atoms with Crippen LogP contribution in [0.2, 0.25) is 0 Å². The molecule has 5 heteroatoms. The molecule has 1 N–H and O–H groups in total. The molecular weight excluding hydrogens is 198 g/mol. The molecule has 1 heterocycles. The highest BCUT2D eigenvalue weighted by atomic mass is 16.7. The lowest BCUT2D eigenvalue weighted by Gasteiger charge is -2.23. The molecule has 1 atom stereocenters. The van der Waals surface area contributed by atoms with Crippen molar-refractivity contribution in [1.82, 2.24) is 5.48 Å². The maximum Gasteiger partial charge on any atom is 0.432 e. The summed E-state index contributed by atoms with van der Waals surface area (Å²) in [5.41, 5.74) is 2.97. The van der Waals surface area contributed by atoms with Gasteiger partial charge in [0.1, 0.15) is 12.4 Å². The third-order valence-electron chi connectivity index (χ3n) is 2.11. The number of nitrogens with one attached hydrogen (secondary N) is 1. The highest BCUT2D eigenvalue weighted by Gasteiger charge is 2.22. The molecular formula is C10H11NO4. The van der Waals surface area contributed by atoms with E-state index in [0.717, 1.165) is 11.3 Å². The first-order chi connectivity index (χ1) is 7.29. The molecule has 80 valence electrons. The molecule has 0 bridgehead atoms. The van der Waals surface area contributed by atoms with Crippen LogP contribution in [0.25, 0.3) is 0 Å². The van der Waals surface area contributed by atoms with E-state index in [2.05, 4.69) is 5.48 Å². The Labute approximate surface area is 86.9 Å². The Kier molecular flexibility index (Phi) is 2.73. The van der Waals surface area contributed by atoms with E-state index in [-0.39, 0.29) is 6.10 Å². The van der Waals surface area contributed by atoms with Gasteiger partial charge in [0.2, 0.25) is 0 Å². The van der Waals surface area contributed by atoms with Crippen molar-refractivity contribution in [2.24, 2.45) is 0 Å². The van der Waals surface area contributed by atoms with Crippen molar-refractivity contribution < 1.29 is 19.1 Å². The van der Waals surface area contributed by atoms with E-state index in [1.165, 1.54) is 0 Å². The van der Waals surface area contributed by atoms with Crippen LogP contribution in [0.4, 0.5) is 4.79 Å². The standard InChI is InChI=1S/C10H11NO4/c1-13-8-4-2-3-7(5-8)9-6-14-11-10(12)15-9/h2-5,9H,6H2,1H3,(H,11,12). The van der Waals surface area contributed by atoms with Gasteiger partial charge in [0, 0.05) is 0 Å². The Morgan fingerprint density at radius 2 is 2.40 bits per heavy atom. The van der Waals surface area contributed by atoms with Gasteiger partial charge in [-0.25, -0.2) is 4.79 Å². The van der Waals surface area contributed by atoms with Gasteiger partial charge < -0.3 is 9.47 Å². The van der Waals surface area contributed by atoms with Gasteiger partial charge >= 0.3 is 6.09 Å². The molecule has 1 fully saturated rings. The van der Waals surface area contributed by atoms with Crippen LogP contribution in [0.15, 0.2) is 24.3 Å². The summed E-state index contributed by atoms with van der Waals surface area (Å²) in [4.78, 5) is 15.8. The zero-order valence-corrected chi connectivity index (χ0v) is 8.23. The molecule has 0 aromatic heterocycles. The summed E-state index contributed by atoms with van der Waals surface area (Å²) in [6.07, 6.45) is -0.956. The number of hydroxylamine groups is 1. The molecule has 15 heavy (non-hydrogen) atoms. The molecule has 1 unspecified atom stereocenters. The van der Waals surface area contributed by atoms with E-state index < -0.39 is 6.09 Å². The molecule has 2 rings (SSSR count). The minimum Gasteiger partial charge on any atom is -0.497 e. The second-order valence-electron chi connectivity index (χ2n) is 3.08. The normalized spacial score (nSPS) is 20.3. The summed E-state index contributed by atoms with van der Waals surface area (Å²) < 4.78 is 10.1. The number of methoxy groups -OCH3 is 1. The van der Waals surface area contributed by atoms with Crippen LogP contribution < -0.4 is 10.2 Å². The van der Waals surface area contributed by atoms with Crippen molar-refractivity contribution in [3.05, 3.63) is 29.8 Å². The van der Waals surface area contributed by atoms with E-state index in [1.54, 1.807) is 7.11 Å². The summed E-state index contributed by atoms with van der Waals surface area (Å²) in [6, 6.07) is 7.33. The highest BCUT2D eigenvalue weighted by molar-refractivity contribution is 5.66. The first-order valence-corrected chi connectivity index (χ1v) is 4.52. The Morgan fingerprint density at radius 3 is 3.13 bits per heavy atom. The number of ether oxygens (including phenoxy) is 2. The van der Waals surface area contributed by atoms with Crippen molar-refractivity contribution in [1.29, 1.82) is 0 Å². The molecule has 1 aliphatic rings. The van der Waals surface area contributed by atoms with E-state index in [9.17, 15) is 4.79 Å². The van der Waals surface area contributed by atoms with Crippen molar-refractivity contribution in [3.8, 4) is 5.75 Å². The third kappa shape index (κ3) is 2.19. The number of hydrogen-bond donors (Lipinski definition) is 1. The molecule has 1 aliphatic heterocycles. The van der Waals surface area contributed by atoms with Crippen LogP contribution in [-0.4, -0.2) is 19.8 Å². The smallest absolute Gasteiger partial charge is 0.432 e. The summed E-state index contributed by atoms with van der Waals surface area (Å²) >= 11 is 0. The minimum atomic E-state index is -0.575. The molecule has 0 radical (unpaired) electrons. The van der Waals surface area contributed by atoms with Gasteiger partial charge in [0.25, 0.3) is 0 Å². The third-order valence-corrected chi connectivity index (χ3v) is 2.11. The SMILES string of the molecule is COc1cccc(C2CONC(=O)O2)c1. The largest absolute Gasteiger partial charge is 0.497 e. The summed E-state index contributed by atoms with van der Waals surface area (Å²) in [7, 11) is 1.59. The molecule has 1 aromatic rings. The van der Waals surface area contributed by atoms with Crippen LogP contribution in [0.5, 0.6) is 5.75 Å². The molecule has 0 saturated carbocycles. The summed E-state index contributed by atoms with van der Waals surface area (Å²) in [5.74, 6) is 0.724. The van der Waals surface area contributed by atoms with Gasteiger partial charge in [-0.2, -0.15) is 5.48 Å². The van der Waals surface area contributed by atoms with Crippen molar-refractivity contribution in [2.75, 3.05) is 13.7 Å². The van der Waals surface area contributed by atoms with Gasteiger partial charge in [0.15, 0.2) is 6.10 Å². The number of carbonyl (C=O) groups is 1. The first kappa shape index (κ1) is 9.79. The number of rotatable bonds is 2. The quantitative estimate of drug-likeness (QED) is 0.800. The Morgan fingerprint density at radius 1 is 1.53 bits per heavy atom. The highest BCUT2D eigenvalue weighted by Crippen LogP contribution is 2.23. The molecule has 1 saturated heterocycles. The average molecular weight is 209 g/mol. The fraction of sp³-hybridized carbons (Fsp3) is 0.300. The zero-order valence-electron chi connectivity index (χ0n) is 8.23. The summed E-state index contributed by atoms with van der Waals surface area (Å²) in [6.45, 7) is 0.291. The fourth-order valence-corrected chi connectivity index (χ4v) is 1.37. The number of cyclic esters (lactones) is 1. The predicted molar refractivity (Wildman–Crippen MR) is 51.3 cm³/mol. The summed E-state index contributed by atoms with van der Waals surface area (Å²) in [5, 5.41) is 0. The van der Waals surface area contributed by atoms with Crippen molar-refractivity contribution >= 4 is 6.09 Å². The first-order valence-electron chi connectivity index (χ1n) is 4.52. The second kappa shape index (κ2) is 4.18. The number of amides is 1. The van der Waals surface area contributed by atoms with Gasteiger partial charge in [-0.1, -0.05) is 12.1 Å². The number of hydrogen-bond acceptors (Lipinski definition) is 4. The van der Waals surface area contributed by atoms with Gasteiger partial charge in [-0.15, -0.1) is 0 Å². The van der Waals surface area contributed by atoms with E-state index in [1.807, 2.05) is 24.3 Å². The molecule has 0 spiro atoms. The van der Waals surface area contributed by atoms with Crippen molar-refractivity contribution in [3.63, 3.8) is 0 Å². The van der Waals surface area contributed by atoms with Crippen LogP contribution >= 0.6 is 0 Å². The topological polar surface area (TPSA) is 56.8 Å². The van der Waals surface area contributed by atoms with Gasteiger partial charge in [0.05, 0.1) is 7.11 Å². The predicted octanol–water partition coefficient (Wildman–Crippen LogP) is 1.41. The Bertz CT molecular complexity index is 366. The number of benzene rings is 1. The van der Waals surface area contributed by atoms with Crippen LogP contribution in [-0.2, 0) is 9.57 Å². The van der Waals surface area contributed by atoms with E-state index in [4.69, 9.17) is 14.3 Å². The lowest BCUT2D eigenvalue weighted by Crippen LogP contribution is -2.35. The molecule has 1 amide bonds. The van der Waals surface area contributed by atoms with Crippen LogP contribution in [0.3, 0.4) is 0 Å². The molecule has 0 aliphatic carbocycles. The van der Waals surface area contributed by atoms with Crippen LogP contribution in [0, 0.1) is 0 Å². The molecule has 1 aromatic carbocycles.